The molecule has 1 aliphatic carbocycles. The molecule has 0 amide bonds. The van der Waals surface area contributed by atoms with Crippen LogP contribution >= 0.6 is 0 Å². The molecule has 1 N–H and O–H groups in total. The Bertz CT molecular complexity index is 166. The largest absolute Gasteiger partial charge is 0.465 e. The molecule has 0 aromatic heterocycles. The summed E-state index contributed by atoms with van der Waals surface area (Å²) >= 11 is 0. The Morgan fingerprint density at radius 3 is 3.00 bits per heavy atom. The lowest BCUT2D eigenvalue weighted by Gasteiger charge is -2.06. The van der Waals surface area contributed by atoms with Gasteiger partial charge in [0.15, 0.2) is 0 Å². The van der Waals surface area contributed by atoms with E-state index in [9.17, 15) is 9.90 Å². The van der Waals surface area contributed by atoms with E-state index in [2.05, 4.69) is 0 Å². The molecular weight excluding hydrogens is 132 g/mol. The Hall–Kier alpha value is -0.570. The van der Waals surface area contributed by atoms with Crippen LogP contribution in [0.2, 0.25) is 0 Å². The molecule has 1 heterocycles. The molecule has 0 aromatic rings. The van der Waals surface area contributed by atoms with Crippen molar-refractivity contribution in [2.45, 2.75) is 18.9 Å². The molecule has 1 aliphatic heterocycles. The number of aliphatic hydroxyl groups excluding tert-OH is 1. The molecule has 0 radical (unpaired) electrons. The molecular formula is C7H10O3. The quantitative estimate of drug-likeness (QED) is 0.481. The predicted molar refractivity (Wildman–Crippen MR) is 33.2 cm³/mol. The second-order valence-electron chi connectivity index (χ2n) is 3.05. The van der Waals surface area contributed by atoms with E-state index in [0.717, 1.165) is 12.8 Å². The normalized spacial score (nSPS) is 45.3. The summed E-state index contributed by atoms with van der Waals surface area (Å²) in [4.78, 5) is 10.9. The Balaban J connectivity index is 2.16. The van der Waals surface area contributed by atoms with Crippen LogP contribution in [-0.4, -0.2) is 23.8 Å². The minimum Gasteiger partial charge on any atom is -0.465 e. The minimum atomic E-state index is -0.295. The fourth-order valence-electron chi connectivity index (χ4n) is 1.85. The van der Waals surface area contributed by atoms with Crippen molar-refractivity contribution in [2.24, 2.45) is 11.8 Å². The molecule has 0 spiro atoms. The standard InChI is InChI=1S/C7H10O3/c8-6-2-1-4-5(6)3-10-7(4)9/h4-6,8H,1-3H2/t4-,5-,6-/m0/s1. The third-order valence-electron chi connectivity index (χ3n) is 2.51. The van der Waals surface area contributed by atoms with Gasteiger partial charge in [-0.2, -0.15) is 0 Å². The zero-order valence-corrected chi connectivity index (χ0v) is 5.62. The molecule has 2 rings (SSSR count). The summed E-state index contributed by atoms with van der Waals surface area (Å²) in [6.45, 7) is 0.435. The summed E-state index contributed by atoms with van der Waals surface area (Å²) in [5.41, 5.74) is 0. The number of cyclic esters (lactones) is 1. The smallest absolute Gasteiger partial charge is 0.309 e. The lowest BCUT2D eigenvalue weighted by atomic mass is 9.99. The van der Waals surface area contributed by atoms with E-state index in [-0.39, 0.29) is 23.9 Å². The van der Waals surface area contributed by atoms with Gasteiger partial charge in [-0.1, -0.05) is 0 Å². The van der Waals surface area contributed by atoms with Crippen molar-refractivity contribution in [3.05, 3.63) is 0 Å². The van der Waals surface area contributed by atoms with Crippen LogP contribution in [0.3, 0.4) is 0 Å². The van der Waals surface area contributed by atoms with Crippen LogP contribution in [0.5, 0.6) is 0 Å². The van der Waals surface area contributed by atoms with Gasteiger partial charge >= 0.3 is 5.97 Å². The summed E-state index contributed by atoms with van der Waals surface area (Å²) < 4.78 is 4.79. The molecule has 56 valence electrons. The number of aliphatic hydroxyl groups is 1. The average Bonchev–Trinajstić information content (AvgIpc) is 2.41. The molecule has 3 heteroatoms. The van der Waals surface area contributed by atoms with Gasteiger partial charge < -0.3 is 9.84 Å². The number of hydrogen-bond donors (Lipinski definition) is 1. The van der Waals surface area contributed by atoms with Crippen LogP contribution in [0.15, 0.2) is 0 Å². The summed E-state index contributed by atoms with van der Waals surface area (Å²) in [5, 5.41) is 9.28. The van der Waals surface area contributed by atoms with Crippen molar-refractivity contribution in [3.8, 4) is 0 Å². The average molecular weight is 142 g/mol. The monoisotopic (exact) mass is 142 g/mol. The highest BCUT2D eigenvalue weighted by atomic mass is 16.5. The van der Waals surface area contributed by atoms with Gasteiger partial charge in [0.1, 0.15) is 0 Å². The number of ether oxygens (including phenoxy) is 1. The molecule has 10 heavy (non-hydrogen) atoms. The number of carbonyl (C=O) groups is 1. The Morgan fingerprint density at radius 1 is 1.50 bits per heavy atom. The zero-order valence-electron chi connectivity index (χ0n) is 5.62. The van der Waals surface area contributed by atoms with E-state index in [1.807, 2.05) is 0 Å². The minimum absolute atomic E-state index is 0.00926. The van der Waals surface area contributed by atoms with E-state index >= 15 is 0 Å². The number of carbonyl (C=O) groups excluding carboxylic acids is 1. The van der Waals surface area contributed by atoms with Crippen molar-refractivity contribution in [1.29, 1.82) is 0 Å². The number of rotatable bonds is 0. The van der Waals surface area contributed by atoms with Crippen molar-refractivity contribution < 1.29 is 14.6 Å². The first-order valence-corrected chi connectivity index (χ1v) is 3.64. The van der Waals surface area contributed by atoms with Crippen LogP contribution in [0.4, 0.5) is 0 Å². The van der Waals surface area contributed by atoms with E-state index in [4.69, 9.17) is 4.74 Å². The molecule has 0 unspecified atom stereocenters. The van der Waals surface area contributed by atoms with E-state index in [0.29, 0.717) is 6.61 Å². The maximum Gasteiger partial charge on any atom is 0.309 e. The van der Waals surface area contributed by atoms with Gasteiger partial charge in [0.2, 0.25) is 0 Å². The lowest BCUT2D eigenvalue weighted by Crippen LogP contribution is -2.18. The second kappa shape index (κ2) is 1.95. The highest BCUT2D eigenvalue weighted by Gasteiger charge is 2.45. The van der Waals surface area contributed by atoms with Crippen LogP contribution in [0, 0.1) is 11.8 Å². The van der Waals surface area contributed by atoms with Gasteiger partial charge in [0.05, 0.1) is 18.6 Å². The van der Waals surface area contributed by atoms with Crippen LogP contribution in [-0.2, 0) is 9.53 Å². The highest BCUT2D eigenvalue weighted by molar-refractivity contribution is 5.75. The lowest BCUT2D eigenvalue weighted by molar-refractivity contribution is -0.141. The predicted octanol–water partition coefficient (Wildman–Crippen LogP) is -0.0697. The maximum atomic E-state index is 10.9. The first-order valence-electron chi connectivity index (χ1n) is 3.64. The molecule has 2 aliphatic rings. The van der Waals surface area contributed by atoms with E-state index in [1.165, 1.54) is 0 Å². The third kappa shape index (κ3) is 0.669. The topological polar surface area (TPSA) is 46.5 Å². The second-order valence-corrected chi connectivity index (χ2v) is 3.05. The van der Waals surface area contributed by atoms with Gasteiger partial charge in [0, 0.05) is 5.92 Å². The summed E-state index contributed by atoms with van der Waals surface area (Å²) in [6, 6.07) is 0. The Labute approximate surface area is 59.0 Å². The third-order valence-corrected chi connectivity index (χ3v) is 2.51. The van der Waals surface area contributed by atoms with Crippen molar-refractivity contribution in [2.75, 3.05) is 6.61 Å². The van der Waals surface area contributed by atoms with Gasteiger partial charge in [0.25, 0.3) is 0 Å². The van der Waals surface area contributed by atoms with Gasteiger partial charge in [-0.25, -0.2) is 0 Å². The van der Waals surface area contributed by atoms with Crippen molar-refractivity contribution in [1.82, 2.24) is 0 Å². The summed E-state index contributed by atoms with van der Waals surface area (Å²) in [6.07, 6.45) is 1.28. The van der Waals surface area contributed by atoms with Gasteiger partial charge in [-0.05, 0) is 12.8 Å². The summed E-state index contributed by atoms with van der Waals surface area (Å²) in [7, 11) is 0. The molecule has 0 bridgehead atoms. The van der Waals surface area contributed by atoms with Crippen LogP contribution in [0.1, 0.15) is 12.8 Å². The Kier molecular flexibility index (Phi) is 1.20. The molecule has 2 fully saturated rings. The number of hydrogen-bond acceptors (Lipinski definition) is 3. The fourth-order valence-corrected chi connectivity index (χ4v) is 1.85. The van der Waals surface area contributed by atoms with Gasteiger partial charge in [-0.3, -0.25) is 4.79 Å². The van der Waals surface area contributed by atoms with E-state index in [1.54, 1.807) is 0 Å². The SMILES string of the molecule is O=C1OC[C@H]2[C@@H]1CC[C@@H]2O. The zero-order chi connectivity index (χ0) is 7.14. The first-order chi connectivity index (χ1) is 4.79. The van der Waals surface area contributed by atoms with Crippen LogP contribution in [0.25, 0.3) is 0 Å². The van der Waals surface area contributed by atoms with Crippen LogP contribution < -0.4 is 0 Å². The highest BCUT2D eigenvalue weighted by Crippen LogP contribution is 2.37. The fraction of sp³-hybridized carbons (Fsp3) is 0.857. The van der Waals surface area contributed by atoms with Crippen molar-refractivity contribution >= 4 is 5.97 Å². The van der Waals surface area contributed by atoms with Gasteiger partial charge in [-0.15, -0.1) is 0 Å². The van der Waals surface area contributed by atoms with Crippen molar-refractivity contribution in [3.63, 3.8) is 0 Å². The molecule has 3 atom stereocenters. The summed E-state index contributed by atoms with van der Waals surface area (Å²) in [5.74, 6) is 0.00375. The molecule has 1 saturated heterocycles. The molecule has 1 saturated carbocycles. The number of esters is 1. The Morgan fingerprint density at radius 2 is 2.30 bits per heavy atom. The molecule has 0 aromatic carbocycles. The number of fused-ring (bicyclic) bond motifs is 1. The molecule has 3 nitrogen and oxygen atoms in total. The van der Waals surface area contributed by atoms with E-state index < -0.39 is 0 Å². The maximum absolute atomic E-state index is 10.9. The first kappa shape index (κ1) is 6.16.